The van der Waals surface area contributed by atoms with Gasteiger partial charge in [-0.25, -0.2) is 13.8 Å². The van der Waals surface area contributed by atoms with Crippen molar-refractivity contribution in [2.45, 2.75) is 13.0 Å². The molecule has 0 radical (unpaired) electrons. The summed E-state index contributed by atoms with van der Waals surface area (Å²) in [6.45, 7) is 0.746. The van der Waals surface area contributed by atoms with E-state index in [4.69, 9.17) is 4.42 Å². The topological polar surface area (TPSA) is 62.5 Å². The quantitative estimate of drug-likeness (QED) is 0.515. The van der Waals surface area contributed by atoms with Crippen molar-refractivity contribution in [2.75, 3.05) is 13.6 Å². The molecule has 1 aromatic heterocycles. The number of hydrogen-bond acceptors (Lipinski definition) is 3. The Hall–Kier alpha value is -3.22. The number of nitrogens with zero attached hydrogens (tertiary/aromatic N) is 2. The summed E-state index contributed by atoms with van der Waals surface area (Å²) in [4.78, 5) is 8.52. The molecule has 5 nitrogen and oxygen atoms in total. The summed E-state index contributed by atoms with van der Waals surface area (Å²) in [5, 5.41) is 6.12. The van der Waals surface area contributed by atoms with E-state index in [1.54, 1.807) is 13.3 Å². The minimum atomic E-state index is -0.546. The maximum absolute atomic E-state index is 13.6. The van der Waals surface area contributed by atoms with Gasteiger partial charge in [0, 0.05) is 24.7 Å². The third kappa shape index (κ3) is 4.91. The van der Waals surface area contributed by atoms with E-state index in [2.05, 4.69) is 20.6 Å². The predicted octanol–water partition coefficient (Wildman–Crippen LogP) is 3.53. The van der Waals surface area contributed by atoms with E-state index in [9.17, 15) is 8.78 Å². The molecule has 2 aromatic carbocycles. The summed E-state index contributed by atoms with van der Waals surface area (Å²) < 4.78 is 32.8. The molecule has 0 spiro atoms. The van der Waals surface area contributed by atoms with Crippen molar-refractivity contribution in [3.63, 3.8) is 0 Å². The lowest BCUT2D eigenvalue weighted by atomic mass is 10.1. The number of rotatable bonds is 6. The number of aliphatic imine (C=N–C) groups is 1. The molecule has 0 unspecified atom stereocenters. The van der Waals surface area contributed by atoms with Crippen LogP contribution in [0.2, 0.25) is 0 Å². The van der Waals surface area contributed by atoms with Gasteiger partial charge in [0.05, 0.1) is 12.2 Å². The van der Waals surface area contributed by atoms with Gasteiger partial charge in [-0.1, -0.05) is 24.3 Å². The van der Waals surface area contributed by atoms with Gasteiger partial charge in [-0.15, -0.1) is 0 Å². The van der Waals surface area contributed by atoms with Crippen molar-refractivity contribution >= 4 is 5.96 Å². The normalized spacial score (nSPS) is 11.4. The average molecular weight is 370 g/mol. The fraction of sp³-hybridized carbons (Fsp3) is 0.200. The molecule has 3 aromatic rings. The standard InChI is InChI=1S/C20H20F2N4O/c1-23-20(24-11-10-16-17(21)8-5-9-18(16)22)25-12-15-13-27-19(26-15)14-6-3-2-4-7-14/h2-9,13H,10-12H2,1H3,(H2,23,24,25). The maximum atomic E-state index is 13.6. The van der Waals surface area contributed by atoms with Crippen LogP contribution in [-0.4, -0.2) is 24.5 Å². The van der Waals surface area contributed by atoms with Crippen LogP contribution >= 0.6 is 0 Å². The Balaban J connectivity index is 1.50. The number of benzene rings is 2. The minimum Gasteiger partial charge on any atom is -0.444 e. The number of nitrogens with one attached hydrogen (secondary N) is 2. The molecule has 27 heavy (non-hydrogen) atoms. The van der Waals surface area contributed by atoms with Crippen LogP contribution in [0.3, 0.4) is 0 Å². The molecule has 0 fully saturated rings. The third-order valence-corrected chi connectivity index (χ3v) is 3.96. The summed E-state index contributed by atoms with van der Waals surface area (Å²) in [7, 11) is 1.62. The molecule has 0 saturated carbocycles. The Bertz CT molecular complexity index is 889. The van der Waals surface area contributed by atoms with Crippen LogP contribution in [0.25, 0.3) is 11.5 Å². The second kappa shape index (κ2) is 8.93. The molecule has 0 aliphatic rings. The number of guanidine groups is 1. The van der Waals surface area contributed by atoms with Gasteiger partial charge in [0.2, 0.25) is 5.89 Å². The van der Waals surface area contributed by atoms with Gasteiger partial charge in [-0.3, -0.25) is 4.99 Å². The molecule has 140 valence electrons. The Morgan fingerprint density at radius 1 is 1.04 bits per heavy atom. The first-order valence-corrected chi connectivity index (χ1v) is 8.54. The fourth-order valence-electron chi connectivity index (χ4n) is 2.57. The van der Waals surface area contributed by atoms with Crippen LogP contribution in [-0.2, 0) is 13.0 Å². The molecule has 3 rings (SSSR count). The largest absolute Gasteiger partial charge is 0.444 e. The van der Waals surface area contributed by atoms with E-state index < -0.39 is 11.6 Å². The second-order valence-electron chi connectivity index (χ2n) is 5.81. The molecule has 0 amide bonds. The zero-order valence-electron chi connectivity index (χ0n) is 14.9. The molecular weight excluding hydrogens is 350 g/mol. The van der Waals surface area contributed by atoms with Crippen molar-refractivity contribution in [3.8, 4) is 11.5 Å². The van der Waals surface area contributed by atoms with E-state index in [0.29, 0.717) is 24.9 Å². The van der Waals surface area contributed by atoms with Gasteiger partial charge in [-0.05, 0) is 30.7 Å². The van der Waals surface area contributed by atoms with E-state index >= 15 is 0 Å². The summed E-state index contributed by atoms with van der Waals surface area (Å²) in [5.74, 6) is -0.0343. The van der Waals surface area contributed by atoms with E-state index in [-0.39, 0.29) is 12.0 Å². The van der Waals surface area contributed by atoms with E-state index in [0.717, 1.165) is 11.3 Å². The zero-order chi connectivity index (χ0) is 19.1. The minimum absolute atomic E-state index is 0.0597. The van der Waals surface area contributed by atoms with Crippen LogP contribution < -0.4 is 10.6 Å². The summed E-state index contributed by atoms with van der Waals surface area (Å²) in [5.41, 5.74) is 1.68. The zero-order valence-corrected chi connectivity index (χ0v) is 14.9. The Labute approximate surface area is 156 Å². The van der Waals surface area contributed by atoms with Gasteiger partial charge in [0.15, 0.2) is 5.96 Å². The summed E-state index contributed by atoms with van der Waals surface area (Å²) in [6.07, 6.45) is 1.79. The van der Waals surface area contributed by atoms with Crippen LogP contribution in [0.5, 0.6) is 0 Å². The van der Waals surface area contributed by atoms with Crippen LogP contribution in [0.15, 0.2) is 64.2 Å². The summed E-state index contributed by atoms with van der Waals surface area (Å²) in [6, 6.07) is 13.5. The Kier molecular flexibility index (Phi) is 6.14. The first-order chi connectivity index (χ1) is 13.2. The van der Waals surface area contributed by atoms with Gasteiger partial charge >= 0.3 is 0 Å². The molecule has 7 heteroatoms. The fourth-order valence-corrected chi connectivity index (χ4v) is 2.57. The number of halogens is 2. The lowest BCUT2D eigenvalue weighted by Crippen LogP contribution is -2.38. The van der Waals surface area contributed by atoms with Crippen LogP contribution in [0.4, 0.5) is 8.78 Å². The van der Waals surface area contributed by atoms with Crippen LogP contribution in [0.1, 0.15) is 11.3 Å². The molecular formula is C20H20F2N4O. The molecule has 0 aliphatic carbocycles. The predicted molar refractivity (Wildman–Crippen MR) is 100 cm³/mol. The highest BCUT2D eigenvalue weighted by atomic mass is 19.1. The van der Waals surface area contributed by atoms with Gasteiger partial charge in [0.25, 0.3) is 0 Å². The van der Waals surface area contributed by atoms with Crippen molar-refractivity contribution in [1.29, 1.82) is 0 Å². The van der Waals surface area contributed by atoms with E-state index in [1.807, 2.05) is 30.3 Å². The molecule has 1 heterocycles. The maximum Gasteiger partial charge on any atom is 0.226 e. The van der Waals surface area contributed by atoms with Gasteiger partial charge in [0.1, 0.15) is 17.9 Å². The van der Waals surface area contributed by atoms with Crippen molar-refractivity contribution < 1.29 is 13.2 Å². The highest BCUT2D eigenvalue weighted by molar-refractivity contribution is 5.79. The highest BCUT2D eigenvalue weighted by Gasteiger charge is 2.09. The van der Waals surface area contributed by atoms with Crippen molar-refractivity contribution in [2.24, 2.45) is 4.99 Å². The Morgan fingerprint density at radius 2 is 1.78 bits per heavy atom. The molecule has 0 saturated heterocycles. The van der Waals surface area contributed by atoms with E-state index in [1.165, 1.54) is 18.2 Å². The monoisotopic (exact) mass is 370 g/mol. The van der Waals surface area contributed by atoms with Gasteiger partial charge in [-0.2, -0.15) is 0 Å². The number of oxazole rings is 1. The summed E-state index contributed by atoms with van der Waals surface area (Å²) >= 11 is 0. The van der Waals surface area contributed by atoms with Crippen molar-refractivity contribution in [1.82, 2.24) is 15.6 Å². The number of hydrogen-bond donors (Lipinski definition) is 2. The second-order valence-corrected chi connectivity index (χ2v) is 5.81. The smallest absolute Gasteiger partial charge is 0.226 e. The lowest BCUT2D eigenvalue weighted by Gasteiger charge is -2.11. The molecule has 2 N–H and O–H groups in total. The molecule has 0 aliphatic heterocycles. The van der Waals surface area contributed by atoms with Crippen LogP contribution in [0, 0.1) is 11.6 Å². The highest BCUT2D eigenvalue weighted by Crippen LogP contribution is 2.17. The first-order valence-electron chi connectivity index (χ1n) is 8.54. The molecule has 0 bridgehead atoms. The van der Waals surface area contributed by atoms with Gasteiger partial charge < -0.3 is 15.1 Å². The first kappa shape index (κ1) is 18.6. The Morgan fingerprint density at radius 3 is 2.48 bits per heavy atom. The SMILES string of the molecule is CN=C(NCCc1c(F)cccc1F)NCc1coc(-c2ccccc2)n1. The average Bonchev–Trinajstić information content (AvgIpc) is 3.16. The number of aromatic nitrogens is 1. The molecule has 0 atom stereocenters. The van der Waals surface area contributed by atoms with Crippen molar-refractivity contribution in [3.05, 3.63) is 77.7 Å². The lowest BCUT2D eigenvalue weighted by molar-refractivity contribution is 0.553. The third-order valence-electron chi connectivity index (χ3n) is 3.96.